The quantitative estimate of drug-likeness (QED) is 0.320. The Morgan fingerprint density at radius 2 is 2.00 bits per heavy atom. The van der Waals surface area contributed by atoms with Crippen molar-refractivity contribution in [2.75, 3.05) is 7.05 Å². The number of hydrogen-bond donors (Lipinski definition) is 2. The predicted octanol–water partition coefficient (Wildman–Crippen LogP) is 5.62. The van der Waals surface area contributed by atoms with Crippen molar-refractivity contribution in [1.82, 2.24) is 20.4 Å². The number of carbonyl (C=O) groups excluding carboxylic acids is 1. The van der Waals surface area contributed by atoms with Crippen LogP contribution in [0.5, 0.6) is 0 Å². The van der Waals surface area contributed by atoms with Crippen molar-refractivity contribution in [3.63, 3.8) is 0 Å². The van der Waals surface area contributed by atoms with E-state index in [0.29, 0.717) is 23.2 Å². The highest BCUT2D eigenvalue weighted by Crippen LogP contribution is 2.15. The van der Waals surface area contributed by atoms with Crippen LogP contribution in [0.2, 0.25) is 0 Å². The van der Waals surface area contributed by atoms with Crippen molar-refractivity contribution in [1.29, 1.82) is 0 Å². The van der Waals surface area contributed by atoms with E-state index in [-0.39, 0.29) is 11.9 Å². The van der Waals surface area contributed by atoms with Gasteiger partial charge in [0.25, 0.3) is 5.91 Å². The normalized spacial score (nSPS) is 13.0. The van der Waals surface area contributed by atoms with E-state index in [0.717, 1.165) is 37.1 Å². The number of amides is 1. The molecule has 0 aliphatic heterocycles. The van der Waals surface area contributed by atoms with Crippen molar-refractivity contribution in [2.45, 2.75) is 71.9 Å². The second kappa shape index (κ2) is 13.1. The molecule has 1 heterocycles. The van der Waals surface area contributed by atoms with Gasteiger partial charge in [0, 0.05) is 31.1 Å². The molecule has 1 aromatic heterocycles. The summed E-state index contributed by atoms with van der Waals surface area (Å²) in [6, 6.07) is 10.1. The summed E-state index contributed by atoms with van der Waals surface area (Å²) >= 11 is 6.12. The number of carbonyl (C=O) groups is 1. The molecule has 1 atom stereocenters. The number of nitrogens with zero attached hydrogens (tertiary/aromatic N) is 3. The third kappa shape index (κ3) is 8.15. The van der Waals surface area contributed by atoms with E-state index >= 15 is 0 Å². The summed E-state index contributed by atoms with van der Waals surface area (Å²) in [5.74, 6) is 0.346. The molecule has 1 amide bonds. The van der Waals surface area contributed by atoms with E-state index in [1.165, 1.54) is 5.56 Å². The molecule has 174 valence electrons. The van der Waals surface area contributed by atoms with Crippen LogP contribution >= 0.6 is 11.6 Å². The summed E-state index contributed by atoms with van der Waals surface area (Å²) in [5, 5.41) is 11.2. The number of aromatic amines is 1. The van der Waals surface area contributed by atoms with Crippen LogP contribution in [0.4, 0.5) is 0 Å². The van der Waals surface area contributed by atoms with Gasteiger partial charge in [0.2, 0.25) is 0 Å². The smallest absolute Gasteiger partial charge is 0.253 e. The summed E-state index contributed by atoms with van der Waals surface area (Å²) < 4.78 is 0. The molecule has 0 radical (unpaired) electrons. The Kier molecular flexibility index (Phi) is 10.5. The molecule has 2 N–H and O–H groups in total. The van der Waals surface area contributed by atoms with Crippen molar-refractivity contribution in [3.8, 4) is 0 Å². The monoisotopic (exact) mass is 457 g/mol. The third-order valence-corrected chi connectivity index (χ3v) is 5.36. The average Bonchev–Trinajstić information content (AvgIpc) is 3.25. The number of halogens is 1. The van der Waals surface area contributed by atoms with Crippen LogP contribution < -0.4 is 5.32 Å². The maximum absolute atomic E-state index is 12.8. The van der Waals surface area contributed by atoms with Crippen LogP contribution in [-0.2, 0) is 13.0 Å². The maximum Gasteiger partial charge on any atom is 0.253 e. The highest BCUT2D eigenvalue weighted by Gasteiger charge is 2.15. The highest BCUT2D eigenvalue weighted by atomic mass is 35.5. The van der Waals surface area contributed by atoms with E-state index in [2.05, 4.69) is 41.3 Å². The van der Waals surface area contributed by atoms with E-state index in [1.807, 2.05) is 44.3 Å². The summed E-state index contributed by atoms with van der Waals surface area (Å²) in [6.07, 6.45) is 7.34. The Bertz CT molecular complexity index is 901. The lowest BCUT2D eigenvalue weighted by molar-refractivity contribution is 0.0783. The first-order valence-corrected chi connectivity index (χ1v) is 11.7. The number of aliphatic imine (C=N–C) groups is 1. The molecule has 0 unspecified atom stereocenters. The molecule has 0 bridgehead atoms. The van der Waals surface area contributed by atoms with Crippen LogP contribution in [0.3, 0.4) is 0 Å². The number of nitrogens with one attached hydrogen (secondary N) is 2. The first-order chi connectivity index (χ1) is 15.3. The average molecular weight is 458 g/mol. The topological polar surface area (TPSA) is 73.4 Å². The maximum atomic E-state index is 12.8. The minimum atomic E-state index is -0.0102. The third-order valence-electron chi connectivity index (χ3n) is 5.15. The van der Waals surface area contributed by atoms with Crippen molar-refractivity contribution in [2.24, 2.45) is 4.99 Å². The van der Waals surface area contributed by atoms with Crippen molar-refractivity contribution in [3.05, 3.63) is 64.2 Å². The molecule has 2 rings (SSSR count). The number of rotatable bonds is 12. The van der Waals surface area contributed by atoms with Gasteiger partial charge in [-0.25, -0.2) is 4.99 Å². The van der Waals surface area contributed by atoms with Crippen LogP contribution in [0, 0.1) is 0 Å². The van der Waals surface area contributed by atoms with Gasteiger partial charge < -0.3 is 10.2 Å². The van der Waals surface area contributed by atoms with E-state index < -0.39 is 0 Å². The molecule has 0 aliphatic rings. The van der Waals surface area contributed by atoms with Gasteiger partial charge in [-0.05, 0) is 48.9 Å². The number of H-pyrrole nitrogens is 1. The van der Waals surface area contributed by atoms with E-state index in [4.69, 9.17) is 11.6 Å². The second-order valence-corrected chi connectivity index (χ2v) is 8.76. The zero-order chi connectivity index (χ0) is 23.5. The van der Waals surface area contributed by atoms with Gasteiger partial charge >= 0.3 is 0 Å². The minimum Gasteiger partial charge on any atom is -0.385 e. The largest absolute Gasteiger partial charge is 0.385 e. The fraction of sp³-hybridized carbons (Fsp3) is 0.480. The van der Waals surface area contributed by atoms with Crippen molar-refractivity contribution >= 4 is 23.7 Å². The molecule has 0 saturated heterocycles. The van der Waals surface area contributed by atoms with Gasteiger partial charge in [-0.2, -0.15) is 5.10 Å². The molecule has 7 heteroatoms. The molecule has 0 spiro atoms. The number of aromatic nitrogens is 2. The van der Waals surface area contributed by atoms with Gasteiger partial charge in [0.15, 0.2) is 0 Å². The predicted molar refractivity (Wildman–Crippen MR) is 133 cm³/mol. The fourth-order valence-electron chi connectivity index (χ4n) is 3.37. The number of hydrogen-bond acceptors (Lipinski definition) is 4. The van der Waals surface area contributed by atoms with Crippen molar-refractivity contribution < 1.29 is 4.79 Å². The molecule has 2 aromatic rings. The standard InChI is InChI=1S/C25H36ClN5O/c1-6-8-21(28-16-24(26)27-13-7-2)14-19-9-11-20(12-10-19)25(32)31(5)17-22-15-23(18(3)4)30-29-22/h9-13,15-16,18,21,28H,6-8,14,17H2,1-5H3,(H,29,30)/b24-16-,27-13?/t21-/m0/s1. The van der Waals surface area contributed by atoms with Crippen LogP contribution in [0.15, 0.2) is 46.7 Å². The Balaban J connectivity index is 1.97. The Morgan fingerprint density at radius 3 is 2.59 bits per heavy atom. The zero-order valence-corrected chi connectivity index (χ0v) is 20.6. The molecule has 1 aromatic carbocycles. The number of benzene rings is 1. The fourth-order valence-corrected chi connectivity index (χ4v) is 3.50. The van der Waals surface area contributed by atoms with Gasteiger partial charge in [0.05, 0.1) is 17.9 Å². The lowest BCUT2D eigenvalue weighted by atomic mass is 10.0. The summed E-state index contributed by atoms with van der Waals surface area (Å²) in [6.45, 7) is 8.88. The Hall–Kier alpha value is -2.60. The molecular weight excluding hydrogens is 422 g/mol. The summed E-state index contributed by atoms with van der Waals surface area (Å²) in [7, 11) is 1.81. The van der Waals surface area contributed by atoms with Crippen LogP contribution in [0.1, 0.15) is 80.2 Å². The summed E-state index contributed by atoms with van der Waals surface area (Å²) in [4.78, 5) is 18.7. The Labute approximate surface area is 197 Å². The second-order valence-electron chi connectivity index (χ2n) is 8.37. The lowest BCUT2D eigenvalue weighted by Crippen LogP contribution is -2.27. The summed E-state index contributed by atoms with van der Waals surface area (Å²) in [5.41, 5.74) is 3.79. The van der Waals surface area contributed by atoms with Crippen LogP contribution in [0.25, 0.3) is 0 Å². The molecule has 0 fully saturated rings. The van der Waals surface area contributed by atoms with E-state index in [9.17, 15) is 4.79 Å². The minimum absolute atomic E-state index is 0.0102. The molecule has 32 heavy (non-hydrogen) atoms. The van der Waals surface area contributed by atoms with Crippen LogP contribution in [-0.4, -0.2) is 40.3 Å². The van der Waals surface area contributed by atoms with Gasteiger partial charge in [-0.15, -0.1) is 0 Å². The first-order valence-electron chi connectivity index (χ1n) is 11.4. The molecule has 0 saturated carbocycles. The lowest BCUT2D eigenvalue weighted by Gasteiger charge is -2.18. The van der Waals surface area contributed by atoms with Gasteiger partial charge in [0.1, 0.15) is 5.16 Å². The van der Waals surface area contributed by atoms with Gasteiger partial charge in [-0.3, -0.25) is 9.89 Å². The Morgan fingerprint density at radius 1 is 1.28 bits per heavy atom. The van der Waals surface area contributed by atoms with E-state index in [1.54, 1.807) is 17.3 Å². The molecular formula is C25H36ClN5O. The van der Waals surface area contributed by atoms with Gasteiger partial charge in [-0.1, -0.05) is 57.8 Å². The SMILES string of the molecule is CCC=N/C(Cl)=C\N[C@@H](CCC)Cc1ccc(C(=O)N(C)Cc2cc(C(C)C)n[nH]2)cc1. The first kappa shape index (κ1) is 25.7. The highest BCUT2D eigenvalue weighted by molar-refractivity contribution is 6.29. The zero-order valence-electron chi connectivity index (χ0n) is 19.9. The molecule has 0 aliphatic carbocycles. The molecule has 6 nitrogen and oxygen atoms in total.